The lowest BCUT2D eigenvalue weighted by Gasteiger charge is -1.92. The molecule has 3 rings (SSSR count). The van der Waals surface area contributed by atoms with Crippen molar-refractivity contribution in [3.05, 3.63) is 46.9 Å². The molecule has 3 heterocycles. The normalized spacial score (nSPS) is 10.5. The van der Waals surface area contributed by atoms with Crippen LogP contribution in [0.4, 0.5) is 0 Å². The average molecular weight is 289 g/mol. The van der Waals surface area contributed by atoms with Gasteiger partial charge in [0.05, 0.1) is 4.88 Å². The highest BCUT2D eigenvalue weighted by atomic mass is 32.2. The first-order valence-electron chi connectivity index (χ1n) is 5.32. The van der Waals surface area contributed by atoms with Gasteiger partial charge in [-0.1, -0.05) is 6.07 Å². The third kappa shape index (κ3) is 2.72. The van der Waals surface area contributed by atoms with Crippen LogP contribution in [0.5, 0.6) is 0 Å². The van der Waals surface area contributed by atoms with Gasteiger partial charge in [-0.15, -0.1) is 21.5 Å². The van der Waals surface area contributed by atoms with Crippen molar-refractivity contribution in [2.24, 2.45) is 0 Å². The smallest absolute Gasteiger partial charge is 0.284 e. The van der Waals surface area contributed by atoms with Gasteiger partial charge in [-0.3, -0.25) is 9.78 Å². The molecule has 94 valence electrons. The van der Waals surface area contributed by atoms with Crippen LogP contribution in [0, 0.1) is 0 Å². The van der Waals surface area contributed by atoms with Crippen molar-refractivity contribution < 1.29 is 9.21 Å². The Morgan fingerprint density at radius 3 is 2.79 bits per heavy atom. The Hall–Kier alpha value is -1.99. The molecule has 0 aliphatic rings. The molecule has 0 bridgehead atoms. The van der Waals surface area contributed by atoms with Crippen molar-refractivity contribution >= 4 is 28.2 Å². The minimum absolute atomic E-state index is 0.0973. The number of thiophene rings is 1. The summed E-state index contributed by atoms with van der Waals surface area (Å²) in [6.45, 7) is 0. The molecule has 0 spiro atoms. The van der Waals surface area contributed by atoms with E-state index in [0.717, 1.165) is 17.3 Å². The molecule has 0 aliphatic carbocycles. The van der Waals surface area contributed by atoms with Crippen molar-refractivity contribution in [2.75, 3.05) is 0 Å². The zero-order valence-electron chi connectivity index (χ0n) is 9.52. The Labute approximate surface area is 116 Å². The summed E-state index contributed by atoms with van der Waals surface area (Å²) in [5.41, 5.74) is 0.776. The zero-order chi connectivity index (χ0) is 13.1. The lowest BCUT2D eigenvalue weighted by atomic mass is 10.3. The molecule has 0 saturated heterocycles. The summed E-state index contributed by atoms with van der Waals surface area (Å²) in [4.78, 5) is 16.4. The van der Waals surface area contributed by atoms with Crippen molar-refractivity contribution in [1.29, 1.82) is 0 Å². The van der Waals surface area contributed by atoms with E-state index in [1.54, 1.807) is 30.6 Å². The third-order valence-electron chi connectivity index (χ3n) is 2.24. The van der Waals surface area contributed by atoms with Crippen LogP contribution in [0.2, 0.25) is 0 Å². The van der Waals surface area contributed by atoms with Gasteiger partial charge in [-0.05, 0) is 23.6 Å². The van der Waals surface area contributed by atoms with Crippen LogP contribution >= 0.6 is 23.1 Å². The van der Waals surface area contributed by atoms with Crippen molar-refractivity contribution in [1.82, 2.24) is 15.2 Å². The Morgan fingerprint density at radius 1 is 1.21 bits per heavy atom. The lowest BCUT2D eigenvalue weighted by molar-refractivity contribution is 0.109. The summed E-state index contributed by atoms with van der Waals surface area (Å²) in [5.74, 6) is 0.379. The first-order valence-corrected chi connectivity index (χ1v) is 7.02. The maximum absolute atomic E-state index is 11.9. The molecule has 0 radical (unpaired) electrons. The second-order valence-electron chi connectivity index (χ2n) is 3.48. The van der Waals surface area contributed by atoms with Crippen molar-refractivity contribution in [2.45, 2.75) is 5.22 Å². The Bertz CT molecular complexity index is 680. The van der Waals surface area contributed by atoms with Crippen molar-refractivity contribution in [3.8, 4) is 11.5 Å². The third-order valence-corrected chi connectivity index (χ3v) is 3.98. The van der Waals surface area contributed by atoms with Gasteiger partial charge in [-0.2, -0.15) is 0 Å². The van der Waals surface area contributed by atoms with Crippen LogP contribution in [0.1, 0.15) is 9.67 Å². The number of rotatable bonds is 3. The van der Waals surface area contributed by atoms with Gasteiger partial charge in [0, 0.05) is 29.7 Å². The van der Waals surface area contributed by atoms with Gasteiger partial charge >= 0.3 is 0 Å². The quantitative estimate of drug-likeness (QED) is 0.690. The van der Waals surface area contributed by atoms with Crippen LogP contribution in [-0.2, 0) is 0 Å². The van der Waals surface area contributed by atoms with Crippen LogP contribution in [0.15, 0.2) is 51.7 Å². The van der Waals surface area contributed by atoms with E-state index in [2.05, 4.69) is 15.2 Å². The Morgan fingerprint density at radius 2 is 2.05 bits per heavy atom. The van der Waals surface area contributed by atoms with Gasteiger partial charge in [0.15, 0.2) is 0 Å². The molecule has 3 aromatic heterocycles. The molecule has 0 amide bonds. The molecule has 7 heteroatoms. The number of pyridine rings is 1. The summed E-state index contributed by atoms with van der Waals surface area (Å²) in [5, 5.41) is 9.75. The maximum Gasteiger partial charge on any atom is 0.284 e. The summed E-state index contributed by atoms with van der Waals surface area (Å²) < 4.78 is 5.44. The van der Waals surface area contributed by atoms with Gasteiger partial charge in [0.1, 0.15) is 0 Å². The van der Waals surface area contributed by atoms with Gasteiger partial charge < -0.3 is 4.42 Å². The zero-order valence-corrected chi connectivity index (χ0v) is 11.1. The number of nitrogens with zero attached hydrogens (tertiary/aromatic N) is 3. The molecule has 0 unspecified atom stereocenters. The first-order chi connectivity index (χ1) is 9.33. The SMILES string of the molecule is O=C(Sc1nnc(-c2ccncc2)o1)c1cccs1. The predicted octanol–water partition coefficient (Wildman–Crippen LogP) is 3.13. The number of carbonyl (C=O) groups excluding carboxylic acids is 1. The topological polar surface area (TPSA) is 68.9 Å². The minimum atomic E-state index is -0.0973. The van der Waals surface area contributed by atoms with E-state index in [1.165, 1.54) is 11.3 Å². The monoisotopic (exact) mass is 289 g/mol. The van der Waals surface area contributed by atoms with Gasteiger partial charge in [0.2, 0.25) is 11.0 Å². The Balaban J connectivity index is 1.77. The van der Waals surface area contributed by atoms with E-state index in [1.807, 2.05) is 11.4 Å². The Kier molecular flexibility index (Phi) is 3.39. The summed E-state index contributed by atoms with van der Waals surface area (Å²) in [6, 6.07) is 7.13. The molecular formula is C12H7N3O2S2. The van der Waals surface area contributed by atoms with E-state index >= 15 is 0 Å². The fourth-order valence-electron chi connectivity index (χ4n) is 1.39. The molecule has 19 heavy (non-hydrogen) atoms. The van der Waals surface area contributed by atoms with Crippen LogP contribution in [0.3, 0.4) is 0 Å². The number of thioether (sulfide) groups is 1. The van der Waals surface area contributed by atoms with E-state index in [9.17, 15) is 4.79 Å². The highest BCUT2D eigenvalue weighted by Gasteiger charge is 2.15. The molecule has 0 aromatic carbocycles. The minimum Gasteiger partial charge on any atom is -0.411 e. The van der Waals surface area contributed by atoms with Crippen LogP contribution in [-0.4, -0.2) is 20.3 Å². The molecule has 5 nitrogen and oxygen atoms in total. The second kappa shape index (κ2) is 5.33. The highest BCUT2D eigenvalue weighted by molar-refractivity contribution is 8.14. The first kappa shape index (κ1) is 12.1. The van der Waals surface area contributed by atoms with Crippen LogP contribution < -0.4 is 0 Å². The average Bonchev–Trinajstić information content (AvgIpc) is 3.11. The maximum atomic E-state index is 11.9. The number of hydrogen-bond acceptors (Lipinski definition) is 7. The van der Waals surface area contributed by atoms with E-state index in [-0.39, 0.29) is 10.3 Å². The molecule has 0 N–H and O–H groups in total. The largest absolute Gasteiger partial charge is 0.411 e. The van der Waals surface area contributed by atoms with E-state index in [4.69, 9.17) is 4.42 Å². The fraction of sp³-hybridized carbons (Fsp3) is 0. The molecule has 0 atom stereocenters. The standard InChI is InChI=1S/C12H7N3O2S2/c16-11(9-2-1-7-18-9)19-12-15-14-10(17-12)8-3-5-13-6-4-8/h1-7H. The number of aromatic nitrogens is 3. The van der Waals surface area contributed by atoms with Crippen LogP contribution in [0.25, 0.3) is 11.5 Å². The number of carbonyl (C=O) groups is 1. The highest BCUT2D eigenvalue weighted by Crippen LogP contribution is 2.26. The molecule has 0 saturated carbocycles. The molecule has 0 fully saturated rings. The summed E-state index contributed by atoms with van der Waals surface area (Å²) in [7, 11) is 0. The summed E-state index contributed by atoms with van der Waals surface area (Å²) >= 11 is 2.32. The predicted molar refractivity (Wildman–Crippen MR) is 72.0 cm³/mol. The number of hydrogen-bond donors (Lipinski definition) is 0. The van der Waals surface area contributed by atoms with Crippen molar-refractivity contribution in [3.63, 3.8) is 0 Å². The van der Waals surface area contributed by atoms with E-state index in [0.29, 0.717) is 10.8 Å². The van der Waals surface area contributed by atoms with Gasteiger partial charge in [-0.25, -0.2) is 0 Å². The van der Waals surface area contributed by atoms with E-state index < -0.39 is 0 Å². The fourth-order valence-corrected chi connectivity index (χ4v) is 2.74. The lowest BCUT2D eigenvalue weighted by Crippen LogP contribution is -1.88. The second-order valence-corrected chi connectivity index (χ2v) is 5.35. The molecule has 0 aliphatic heterocycles. The molecular weight excluding hydrogens is 282 g/mol. The molecule has 3 aromatic rings. The van der Waals surface area contributed by atoms with Gasteiger partial charge in [0.25, 0.3) is 5.22 Å². The summed E-state index contributed by atoms with van der Waals surface area (Å²) in [6.07, 6.45) is 3.28.